The molecule has 4 heteroatoms. The Balaban J connectivity index is 2.20. The number of hydrogen-bond donors (Lipinski definition) is 1. The van der Waals surface area contributed by atoms with Crippen molar-refractivity contribution in [2.24, 2.45) is 5.41 Å². The first kappa shape index (κ1) is 13.6. The van der Waals surface area contributed by atoms with Crippen molar-refractivity contribution in [1.29, 1.82) is 0 Å². The molecular formula is C15H19NO3. The molecule has 1 amide bonds. The highest BCUT2D eigenvalue weighted by Gasteiger charge is 2.33. The molecule has 1 aromatic rings. The van der Waals surface area contributed by atoms with Gasteiger partial charge in [-0.3, -0.25) is 9.59 Å². The Kier molecular flexibility index (Phi) is 3.60. The van der Waals surface area contributed by atoms with Gasteiger partial charge >= 0.3 is 5.97 Å². The van der Waals surface area contributed by atoms with E-state index >= 15 is 0 Å². The predicted molar refractivity (Wildman–Crippen MR) is 72.9 cm³/mol. The second-order valence-electron chi connectivity index (χ2n) is 5.49. The van der Waals surface area contributed by atoms with Gasteiger partial charge in [-0.2, -0.15) is 0 Å². The zero-order chi connectivity index (χ0) is 14.0. The molecule has 0 spiro atoms. The normalized spacial score (nSPS) is 16.5. The molecule has 0 bridgehead atoms. The number of esters is 1. The van der Waals surface area contributed by atoms with Gasteiger partial charge in [-0.15, -0.1) is 0 Å². The van der Waals surface area contributed by atoms with Crippen molar-refractivity contribution in [2.45, 2.75) is 33.6 Å². The van der Waals surface area contributed by atoms with E-state index in [4.69, 9.17) is 4.74 Å². The van der Waals surface area contributed by atoms with Crippen molar-refractivity contribution < 1.29 is 14.3 Å². The van der Waals surface area contributed by atoms with E-state index in [0.29, 0.717) is 13.0 Å². The second kappa shape index (κ2) is 5.03. The monoisotopic (exact) mass is 261 g/mol. The van der Waals surface area contributed by atoms with Crippen LogP contribution >= 0.6 is 0 Å². The molecule has 0 saturated heterocycles. The maximum Gasteiger partial charge on any atom is 0.310 e. The van der Waals surface area contributed by atoms with E-state index in [9.17, 15) is 9.59 Å². The van der Waals surface area contributed by atoms with E-state index in [1.165, 1.54) is 0 Å². The number of carbonyl (C=O) groups excluding carboxylic acids is 2. The van der Waals surface area contributed by atoms with Crippen LogP contribution in [0.1, 0.15) is 31.9 Å². The summed E-state index contributed by atoms with van der Waals surface area (Å²) in [6, 6.07) is 5.69. The van der Waals surface area contributed by atoms with Crippen molar-refractivity contribution in [1.82, 2.24) is 0 Å². The van der Waals surface area contributed by atoms with Gasteiger partial charge in [0.15, 0.2) is 0 Å². The van der Waals surface area contributed by atoms with Gasteiger partial charge in [0.05, 0.1) is 13.0 Å². The van der Waals surface area contributed by atoms with E-state index in [2.05, 4.69) is 5.32 Å². The van der Waals surface area contributed by atoms with Crippen LogP contribution in [0.25, 0.3) is 0 Å². The molecule has 102 valence electrons. The van der Waals surface area contributed by atoms with Gasteiger partial charge < -0.3 is 10.1 Å². The lowest BCUT2D eigenvalue weighted by atomic mass is 9.81. The molecule has 0 aromatic heterocycles. The Morgan fingerprint density at radius 1 is 1.42 bits per heavy atom. The van der Waals surface area contributed by atoms with E-state index in [0.717, 1.165) is 16.8 Å². The lowest BCUT2D eigenvalue weighted by molar-refractivity contribution is -0.142. The number of rotatable bonds is 3. The van der Waals surface area contributed by atoms with E-state index in [1.54, 1.807) is 6.92 Å². The summed E-state index contributed by atoms with van der Waals surface area (Å²) in [4.78, 5) is 23.3. The fourth-order valence-electron chi connectivity index (χ4n) is 2.25. The minimum atomic E-state index is -0.407. The van der Waals surface area contributed by atoms with Crippen LogP contribution in [0, 0.1) is 5.41 Å². The molecule has 1 aliphatic heterocycles. The zero-order valence-corrected chi connectivity index (χ0v) is 11.6. The Morgan fingerprint density at radius 2 is 2.16 bits per heavy atom. The molecule has 19 heavy (non-hydrogen) atoms. The van der Waals surface area contributed by atoms with Gasteiger partial charge in [0.25, 0.3) is 0 Å². The van der Waals surface area contributed by atoms with Crippen LogP contribution in [0.4, 0.5) is 5.69 Å². The van der Waals surface area contributed by atoms with E-state index in [-0.39, 0.29) is 18.3 Å². The van der Waals surface area contributed by atoms with Gasteiger partial charge in [0.1, 0.15) is 0 Å². The Hall–Kier alpha value is -1.84. The largest absolute Gasteiger partial charge is 0.466 e. The third-order valence-corrected chi connectivity index (χ3v) is 3.32. The van der Waals surface area contributed by atoms with E-state index < -0.39 is 5.41 Å². The van der Waals surface area contributed by atoms with Crippen LogP contribution in [0.3, 0.4) is 0 Å². The number of benzene rings is 1. The number of ether oxygens (including phenoxy) is 1. The quantitative estimate of drug-likeness (QED) is 0.849. The number of hydrogen-bond acceptors (Lipinski definition) is 3. The third-order valence-electron chi connectivity index (χ3n) is 3.32. The minimum absolute atomic E-state index is 0.0399. The van der Waals surface area contributed by atoms with Crippen LogP contribution < -0.4 is 5.32 Å². The molecule has 0 aliphatic carbocycles. The van der Waals surface area contributed by atoms with Crippen molar-refractivity contribution in [3.8, 4) is 0 Å². The fraction of sp³-hybridized carbons (Fsp3) is 0.467. The standard InChI is InChI=1S/C15H19NO3/c1-4-19-13(17)8-10-5-6-12-11(7-10)9-15(2,3)14(18)16-12/h5-7H,4,8-9H2,1-3H3,(H,16,18). The topological polar surface area (TPSA) is 55.4 Å². The van der Waals surface area contributed by atoms with Crippen LogP contribution in [-0.2, 0) is 27.2 Å². The Labute approximate surface area is 113 Å². The summed E-state index contributed by atoms with van der Waals surface area (Å²) >= 11 is 0. The van der Waals surface area contributed by atoms with Gasteiger partial charge in [-0.05, 0) is 30.5 Å². The predicted octanol–water partition coefficient (Wildman–Crippen LogP) is 2.31. The number of amides is 1. The van der Waals surface area contributed by atoms with Gasteiger partial charge in [0.2, 0.25) is 5.91 Å². The van der Waals surface area contributed by atoms with E-state index in [1.807, 2.05) is 32.0 Å². The highest BCUT2D eigenvalue weighted by Crippen LogP contribution is 2.33. The fourth-order valence-corrected chi connectivity index (χ4v) is 2.25. The summed E-state index contributed by atoms with van der Waals surface area (Å²) in [5.74, 6) is -0.181. The zero-order valence-electron chi connectivity index (χ0n) is 11.6. The molecule has 1 N–H and O–H groups in total. The summed E-state index contributed by atoms with van der Waals surface area (Å²) in [5, 5.41) is 2.90. The molecule has 0 saturated carbocycles. The van der Waals surface area contributed by atoms with Crippen LogP contribution in [0.2, 0.25) is 0 Å². The first-order valence-electron chi connectivity index (χ1n) is 6.51. The smallest absolute Gasteiger partial charge is 0.310 e. The molecule has 1 aliphatic rings. The van der Waals surface area contributed by atoms with Crippen molar-refractivity contribution in [3.05, 3.63) is 29.3 Å². The number of fused-ring (bicyclic) bond motifs is 1. The molecular weight excluding hydrogens is 242 g/mol. The average Bonchev–Trinajstić information content (AvgIpc) is 2.31. The summed E-state index contributed by atoms with van der Waals surface area (Å²) in [6.07, 6.45) is 0.959. The molecule has 0 unspecified atom stereocenters. The summed E-state index contributed by atoms with van der Waals surface area (Å²) in [7, 11) is 0. The molecule has 0 atom stereocenters. The van der Waals surface area contributed by atoms with Crippen molar-refractivity contribution in [3.63, 3.8) is 0 Å². The molecule has 0 radical (unpaired) electrons. The molecule has 1 aromatic carbocycles. The number of nitrogens with one attached hydrogen (secondary N) is 1. The highest BCUT2D eigenvalue weighted by atomic mass is 16.5. The summed E-state index contributed by atoms with van der Waals surface area (Å²) < 4.78 is 4.94. The molecule has 0 fully saturated rings. The maximum absolute atomic E-state index is 11.8. The van der Waals surface area contributed by atoms with Crippen molar-refractivity contribution >= 4 is 17.6 Å². The third kappa shape index (κ3) is 2.95. The van der Waals surface area contributed by atoms with Gasteiger partial charge in [-0.1, -0.05) is 26.0 Å². The Bertz CT molecular complexity index is 520. The van der Waals surface area contributed by atoms with Gasteiger partial charge in [0, 0.05) is 11.1 Å². The molecule has 1 heterocycles. The van der Waals surface area contributed by atoms with Gasteiger partial charge in [-0.25, -0.2) is 0 Å². The molecule has 2 rings (SSSR count). The van der Waals surface area contributed by atoms with Crippen LogP contribution in [-0.4, -0.2) is 18.5 Å². The SMILES string of the molecule is CCOC(=O)Cc1ccc2c(c1)CC(C)(C)C(=O)N2. The molecule has 4 nitrogen and oxygen atoms in total. The summed E-state index contributed by atoms with van der Waals surface area (Å²) in [5.41, 5.74) is 2.43. The highest BCUT2D eigenvalue weighted by molar-refractivity contribution is 5.98. The number of anilines is 1. The lowest BCUT2D eigenvalue weighted by Crippen LogP contribution is -2.37. The first-order chi connectivity index (χ1) is 8.92. The van der Waals surface area contributed by atoms with Crippen molar-refractivity contribution in [2.75, 3.05) is 11.9 Å². The maximum atomic E-state index is 11.8. The second-order valence-corrected chi connectivity index (χ2v) is 5.49. The van der Waals surface area contributed by atoms with Crippen LogP contribution in [0.15, 0.2) is 18.2 Å². The number of carbonyl (C=O) groups is 2. The first-order valence-corrected chi connectivity index (χ1v) is 6.51. The average molecular weight is 261 g/mol. The summed E-state index contributed by atoms with van der Waals surface area (Å²) in [6.45, 7) is 6.03. The van der Waals surface area contributed by atoms with Crippen LogP contribution in [0.5, 0.6) is 0 Å². The Morgan fingerprint density at radius 3 is 2.84 bits per heavy atom. The lowest BCUT2D eigenvalue weighted by Gasteiger charge is -2.30. The minimum Gasteiger partial charge on any atom is -0.466 e.